The minimum atomic E-state index is 0.357. The van der Waals surface area contributed by atoms with Gasteiger partial charge in [0, 0.05) is 25.7 Å². The molecule has 1 heterocycles. The molecule has 3 N–H and O–H groups in total. The van der Waals surface area contributed by atoms with Crippen LogP contribution in [0.4, 0.5) is 0 Å². The lowest BCUT2D eigenvalue weighted by Gasteiger charge is -2.11. The quantitative estimate of drug-likeness (QED) is 0.733. The maximum absolute atomic E-state index is 5.55. The number of nitrogens with two attached hydrogens (primary N) is 1. The molecule has 86 valence electrons. The summed E-state index contributed by atoms with van der Waals surface area (Å²) in [6, 6.07) is 2.52. The van der Waals surface area contributed by atoms with Crippen LogP contribution >= 0.6 is 0 Å². The third-order valence-electron chi connectivity index (χ3n) is 2.56. The van der Waals surface area contributed by atoms with Gasteiger partial charge in [-0.25, -0.2) is 0 Å². The summed E-state index contributed by atoms with van der Waals surface area (Å²) in [4.78, 5) is 0. The average molecular weight is 210 g/mol. The minimum Gasteiger partial charge on any atom is -0.329 e. The summed E-state index contributed by atoms with van der Waals surface area (Å²) in [5, 5.41) is 7.87. The van der Waals surface area contributed by atoms with Gasteiger partial charge in [-0.3, -0.25) is 4.68 Å². The fourth-order valence-corrected chi connectivity index (χ4v) is 1.47. The molecule has 1 rings (SSSR count). The van der Waals surface area contributed by atoms with E-state index in [0.29, 0.717) is 12.6 Å². The van der Waals surface area contributed by atoms with Crippen molar-refractivity contribution in [1.82, 2.24) is 15.1 Å². The fraction of sp³-hybridized carbons (Fsp3) is 0.727. The van der Waals surface area contributed by atoms with Crippen molar-refractivity contribution in [3.63, 3.8) is 0 Å². The lowest BCUT2D eigenvalue weighted by molar-refractivity contribution is 0.521. The Morgan fingerprint density at radius 1 is 1.53 bits per heavy atom. The van der Waals surface area contributed by atoms with Gasteiger partial charge in [-0.1, -0.05) is 6.92 Å². The molecule has 0 saturated heterocycles. The van der Waals surface area contributed by atoms with E-state index >= 15 is 0 Å². The first-order valence-corrected chi connectivity index (χ1v) is 5.70. The van der Waals surface area contributed by atoms with E-state index in [2.05, 4.69) is 41.9 Å². The highest BCUT2D eigenvalue weighted by molar-refractivity contribution is 5.10. The second-order valence-corrected chi connectivity index (χ2v) is 3.81. The molecule has 4 heteroatoms. The van der Waals surface area contributed by atoms with Gasteiger partial charge in [0.25, 0.3) is 0 Å². The first kappa shape index (κ1) is 12.2. The maximum Gasteiger partial charge on any atom is 0.0625 e. The van der Waals surface area contributed by atoms with E-state index in [1.54, 1.807) is 0 Å². The normalized spacial score (nSPS) is 13.1. The van der Waals surface area contributed by atoms with Crippen LogP contribution in [0.2, 0.25) is 0 Å². The van der Waals surface area contributed by atoms with Crippen molar-refractivity contribution >= 4 is 0 Å². The summed E-state index contributed by atoms with van der Waals surface area (Å²) in [5.74, 6) is 0. The topological polar surface area (TPSA) is 55.9 Å². The van der Waals surface area contributed by atoms with Crippen LogP contribution in [-0.4, -0.2) is 22.4 Å². The molecule has 0 fully saturated rings. The van der Waals surface area contributed by atoms with E-state index in [4.69, 9.17) is 5.73 Å². The Kier molecular flexibility index (Phi) is 4.78. The fourth-order valence-electron chi connectivity index (χ4n) is 1.47. The summed E-state index contributed by atoms with van der Waals surface area (Å²) < 4.78 is 2.05. The highest BCUT2D eigenvalue weighted by Crippen LogP contribution is 2.05. The van der Waals surface area contributed by atoms with Crippen LogP contribution in [0.5, 0.6) is 0 Å². The summed E-state index contributed by atoms with van der Waals surface area (Å²) >= 11 is 0. The number of nitrogens with zero attached hydrogens (tertiary/aromatic N) is 2. The molecule has 0 saturated carbocycles. The minimum absolute atomic E-state index is 0.357. The van der Waals surface area contributed by atoms with Crippen LogP contribution in [0, 0.1) is 0 Å². The van der Waals surface area contributed by atoms with Gasteiger partial charge in [0.2, 0.25) is 0 Å². The Labute approximate surface area is 91.8 Å². The average Bonchev–Trinajstić information content (AvgIpc) is 2.68. The van der Waals surface area contributed by atoms with Gasteiger partial charge in [-0.05, 0) is 26.3 Å². The smallest absolute Gasteiger partial charge is 0.0625 e. The van der Waals surface area contributed by atoms with Crippen molar-refractivity contribution in [2.24, 2.45) is 5.73 Å². The molecule has 0 amide bonds. The molecule has 0 aromatic carbocycles. The van der Waals surface area contributed by atoms with Crippen LogP contribution in [0.15, 0.2) is 6.07 Å². The Bertz CT molecular complexity index is 293. The van der Waals surface area contributed by atoms with Gasteiger partial charge in [0.1, 0.15) is 0 Å². The zero-order chi connectivity index (χ0) is 11.3. The molecule has 0 aliphatic rings. The molecular weight excluding hydrogens is 188 g/mol. The lowest BCUT2D eigenvalue weighted by Crippen LogP contribution is -2.33. The molecule has 0 bridgehead atoms. The molecule has 0 spiro atoms. The second-order valence-electron chi connectivity index (χ2n) is 3.81. The van der Waals surface area contributed by atoms with Gasteiger partial charge in [0.05, 0.1) is 11.4 Å². The first-order valence-electron chi connectivity index (χ1n) is 5.70. The third kappa shape index (κ3) is 3.32. The van der Waals surface area contributed by atoms with E-state index in [0.717, 1.165) is 25.2 Å². The SMILES string of the molecule is CCc1cc(CN[C@@H](C)CN)n(CC)n1. The molecular formula is C11H22N4. The molecule has 4 nitrogen and oxygen atoms in total. The zero-order valence-electron chi connectivity index (χ0n) is 9.95. The van der Waals surface area contributed by atoms with Crippen LogP contribution in [0.1, 0.15) is 32.2 Å². The van der Waals surface area contributed by atoms with Crippen LogP contribution in [0.25, 0.3) is 0 Å². The van der Waals surface area contributed by atoms with Gasteiger partial charge in [-0.15, -0.1) is 0 Å². The van der Waals surface area contributed by atoms with Gasteiger partial charge in [0.15, 0.2) is 0 Å². The standard InChI is InChI=1S/C11H22N4/c1-4-10-6-11(15(5-2)14-10)8-13-9(3)7-12/h6,9,13H,4-5,7-8,12H2,1-3H3/t9-/m0/s1. The van der Waals surface area contributed by atoms with Gasteiger partial charge >= 0.3 is 0 Å². The first-order chi connectivity index (χ1) is 7.21. The molecule has 15 heavy (non-hydrogen) atoms. The number of hydrogen-bond donors (Lipinski definition) is 2. The Hall–Kier alpha value is -0.870. The van der Waals surface area contributed by atoms with Gasteiger partial charge < -0.3 is 11.1 Å². The van der Waals surface area contributed by atoms with Crippen molar-refractivity contribution in [1.29, 1.82) is 0 Å². The van der Waals surface area contributed by atoms with E-state index in [1.807, 2.05) is 0 Å². The maximum atomic E-state index is 5.55. The largest absolute Gasteiger partial charge is 0.329 e. The van der Waals surface area contributed by atoms with Crippen molar-refractivity contribution < 1.29 is 0 Å². The van der Waals surface area contributed by atoms with Crippen molar-refractivity contribution in [3.05, 3.63) is 17.5 Å². The number of aryl methyl sites for hydroxylation is 2. The second kappa shape index (κ2) is 5.88. The van der Waals surface area contributed by atoms with Crippen molar-refractivity contribution in [3.8, 4) is 0 Å². The molecule has 0 aliphatic carbocycles. The number of hydrogen-bond acceptors (Lipinski definition) is 3. The van der Waals surface area contributed by atoms with E-state index in [1.165, 1.54) is 5.69 Å². The zero-order valence-corrected chi connectivity index (χ0v) is 9.95. The number of aromatic nitrogens is 2. The number of nitrogens with one attached hydrogen (secondary N) is 1. The molecule has 0 radical (unpaired) electrons. The van der Waals surface area contributed by atoms with Crippen molar-refractivity contribution in [2.75, 3.05) is 6.54 Å². The molecule has 1 aromatic rings. The van der Waals surface area contributed by atoms with E-state index in [-0.39, 0.29) is 0 Å². The predicted molar refractivity (Wildman–Crippen MR) is 62.6 cm³/mol. The number of rotatable bonds is 6. The molecule has 0 aliphatic heterocycles. The predicted octanol–water partition coefficient (Wildman–Crippen LogP) is 0.902. The Morgan fingerprint density at radius 3 is 2.80 bits per heavy atom. The highest BCUT2D eigenvalue weighted by Gasteiger charge is 2.06. The summed E-state index contributed by atoms with van der Waals surface area (Å²) in [6.07, 6.45) is 0.993. The van der Waals surface area contributed by atoms with Crippen LogP contribution in [0.3, 0.4) is 0 Å². The molecule has 1 atom stereocenters. The van der Waals surface area contributed by atoms with Gasteiger partial charge in [-0.2, -0.15) is 5.10 Å². The third-order valence-corrected chi connectivity index (χ3v) is 2.56. The van der Waals surface area contributed by atoms with Crippen molar-refractivity contribution in [2.45, 2.75) is 46.3 Å². The summed E-state index contributed by atoms with van der Waals surface area (Å²) in [7, 11) is 0. The highest BCUT2D eigenvalue weighted by atomic mass is 15.3. The van der Waals surface area contributed by atoms with E-state index in [9.17, 15) is 0 Å². The molecule has 0 unspecified atom stereocenters. The summed E-state index contributed by atoms with van der Waals surface area (Å²) in [5.41, 5.74) is 7.96. The van der Waals surface area contributed by atoms with E-state index < -0.39 is 0 Å². The summed E-state index contributed by atoms with van der Waals surface area (Å²) in [6.45, 7) is 8.77. The van der Waals surface area contributed by atoms with Crippen LogP contribution in [-0.2, 0) is 19.5 Å². The molecule has 1 aromatic heterocycles. The monoisotopic (exact) mass is 210 g/mol. The van der Waals surface area contributed by atoms with Crippen LogP contribution < -0.4 is 11.1 Å². The Balaban J connectivity index is 2.62. The Morgan fingerprint density at radius 2 is 2.27 bits per heavy atom. The lowest BCUT2D eigenvalue weighted by atomic mass is 10.3.